The number of rotatable bonds is 5. The second-order valence-corrected chi connectivity index (χ2v) is 4.04. The smallest absolute Gasteiger partial charge is 0.368 e. The minimum Gasteiger partial charge on any atom is -0.699 e. The number of nitroso groups, excluding NO2 is 1. The highest BCUT2D eigenvalue weighted by molar-refractivity contribution is 5.62. The number of nitrogens with zero attached hydrogens (tertiary/aromatic N) is 4. The topological polar surface area (TPSA) is 133 Å². The van der Waals surface area contributed by atoms with Gasteiger partial charge in [-0.05, 0) is 6.07 Å². The molecule has 112 valence electrons. The van der Waals surface area contributed by atoms with Crippen molar-refractivity contribution in [3.8, 4) is 0 Å². The van der Waals surface area contributed by atoms with Gasteiger partial charge in [-0.25, -0.2) is 0 Å². The molecule has 0 heterocycles. The molecule has 0 bridgehead atoms. The summed E-state index contributed by atoms with van der Waals surface area (Å²) in [5.41, 5.74) is -2.23. The zero-order valence-corrected chi connectivity index (χ0v) is 10.9. The van der Waals surface area contributed by atoms with E-state index in [2.05, 4.69) is 0 Å². The largest absolute Gasteiger partial charge is 0.699 e. The Balaban J connectivity index is 2.47. The average Bonchev–Trinajstić information content (AvgIpc) is 2.53. The van der Waals surface area contributed by atoms with Crippen molar-refractivity contribution in [2.24, 2.45) is 0 Å². The number of anilines is 1. The molecule has 2 rings (SSSR count). The van der Waals surface area contributed by atoms with Crippen LogP contribution in [-0.2, 0) is 0 Å². The summed E-state index contributed by atoms with van der Waals surface area (Å²) in [5.74, 6) is 0. The predicted octanol–water partition coefficient (Wildman–Crippen LogP) is 2.83. The Hall–Kier alpha value is -3.40. The third kappa shape index (κ3) is 2.71. The molecule has 0 aromatic heterocycles. The normalized spacial score (nSPS) is 10.0. The van der Waals surface area contributed by atoms with Crippen molar-refractivity contribution in [3.63, 3.8) is 0 Å². The van der Waals surface area contributed by atoms with Crippen LogP contribution in [0.2, 0.25) is 0 Å². The van der Waals surface area contributed by atoms with Gasteiger partial charge >= 0.3 is 11.4 Å². The third-order valence-electron chi connectivity index (χ3n) is 2.73. The molecule has 0 N–H and O–H groups in total. The van der Waals surface area contributed by atoms with Crippen molar-refractivity contribution >= 4 is 22.7 Å². The van der Waals surface area contributed by atoms with Crippen molar-refractivity contribution < 1.29 is 14.7 Å². The highest BCUT2D eigenvalue weighted by Gasteiger charge is 2.31. The highest BCUT2D eigenvalue weighted by atomic mass is 16.6. The Morgan fingerprint density at radius 1 is 0.727 bits per heavy atom. The van der Waals surface area contributed by atoms with Crippen molar-refractivity contribution in [3.05, 3.63) is 78.9 Å². The van der Waals surface area contributed by atoms with E-state index in [9.17, 15) is 30.3 Å². The summed E-state index contributed by atoms with van der Waals surface area (Å²) in [6.45, 7) is 0. The van der Waals surface area contributed by atoms with Crippen LogP contribution >= 0.6 is 0 Å². The zero-order chi connectivity index (χ0) is 16.3. The predicted molar refractivity (Wildman–Crippen MR) is 75.3 cm³/mol. The van der Waals surface area contributed by atoms with Crippen LogP contribution in [0, 0.1) is 30.3 Å². The summed E-state index contributed by atoms with van der Waals surface area (Å²) < 4.78 is 0. The molecule has 22 heavy (non-hydrogen) atoms. The molecule has 2 aromatic rings. The molecule has 0 aliphatic rings. The Bertz CT molecular complexity index is 763. The van der Waals surface area contributed by atoms with Crippen molar-refractivity contribution in [2.45, 2.75) is 0 Å². The summed E-state index contributed by atoms with van der Waals surface area (Å²) in [4.78, 5) is 31.8. The van der Waals surface area contributed by atoms with Gasteiger partial charge in [0.2, 0.25) is 0 Å². The second kappa shape index (κ2) is 5.93. The molecule has 10 heteroatoms. The van der Waals surface area contributed by atoms with Crippen molar-refractivity contribution in [1.82, 2.24) is 0 Å². The van der Waals surface area contributed by atoms with Crippen LogP contribution in [0.5, 0.6) is 0 Å². The average molecular weight is 304 g/mol. The van der Waals surface area contributed by atoms with E-state index in [1.165, 1.54) is 24.3 Å². The lowest BCUT2D eigenvalue weighted by molar-refractivity contribution is -0.482. The number of para-hydroxylation sites is 4. The molecule has 0 fully saturated rings. The number of hydrazine groups is 1. The summed E-state index contributed by atoms with van der Waals surface area (Å²) in [6, 6.07) is 9.57. The first-order valence-corrected chi connectivity index (χ1v) is 5.84. The molecule has 0 radical (unpaired) electrons. The van der Waals surface area contributed by atoms with Gasteiger partial charge in [0.05, 0.1) is 14.8 Å². The molecule has 0 atom stereocenters. The summed E-state index contributed by atoms with van der Waals surface area (Å²) in [5, 5.41) is 33.5. The van der Waals surface area contributed by atoms with Crippen LogP contribution in [0.3, 0.4) is 0 Å². The van der Waals surface area contributed by atoms with Crippen LogP contribution in [-0.4, -0.2) is 14.7 Å². The van der Waals surface area contributed by atoms with E-state index in [0.29, 0.717) is 0 Å². The van der Waals surface area contributed by atoms with Gasteiger partial charge in [0.25, 0.3) is 5.69 Å². The maximum absolute atomic E-state index is 12.0. The van der Waals surface area contributed by atoms with E-state index in [0.717, 1.165) is 24.3 Å². The number of nitro groups is 2. The SMILES string of the molecule is O=[N+]([O-])c1ccccc1N([O-])[N+](=O)c1ccccc1[N+](=O)[O-]. The highest BCUT2D eigenvalue weighted by Crippen LogP contribution is 2.32. The first-order valence-electron chi connectivity index (χ1n) is 5.84. The molecule has 10 nitrogen and oxygen atoms in total. The third-order valence-corrected chi connectivity index (χ3v) is 2.73. The maximum atomic E-state index is 12.0. The van der Waals surface area contributed by atoms with Gasteiger partial charge in [-0.15, -0.1) is 5.17 Å². The van der Waals surface area contributed by atoms with Crippen molar-refractivity contribution in [1.29, 1.82) is 0 Å². The van der Waals surface area contributed by atoms with Gasteiger partial charge in [-0.2, -0.15) is 0 Å². The Morgan fingerprint density at radius 2 is 1.18 bits per heavy atom. The molecular formula is C12H8N4O6. The second-order valence-electron chi connectivity index (χ2n) is 4.04. The van der Waals surface area contributed by atoms with Gasteiger partial charge in [0.1, 0.15) is 0 Å². The Morgan fingerprint density at radius 3 is 1.73 bits per heavy atom. The lowest BCUT2D eigenvalue weighted by atomic mass is 10.2. The van der Waals surface area contributed by atoms with Gasteiger partial charge in [-0.1, -0.05) is 24.3 Å². The van der Waals surface area contributed by atoms with E-state index in [-0.39, 0.29) is 10.0 Å². The molecule has 0 saturated carbocycles. The van der Waals surface area contributed by atoms with Crippen molar-refractivity contribution in [2.75, 3.05) is 5.17 Å². The summed E-state index contributed by atoms with van der Waals surface area (Å²) in [7, 11) is 0. The molecule has 2 aromatic carbocycles. The van der Waals surface area contributed by atoms with Crippen LogP contribution in [0.15, 0.2) is 48.5 Å². The van der Waals surface area contributed by atoms with Gasteiger partial charge in [0.15, 0.2) is 10.6 Å². The van der Waals surface area contributed by atoms with E-state index >= 15 is 0 Å². The monoisotopic (exact) mass is 304 g/mol. The number of hydrogen-bond donors (Lipinski definition) is 0. The van der Waals surface area contributed by atoms with E-state index in [1.54, 1.807) is 0 Å². The lowest BCUT2D eigenvalue weighted by Gasteiger charge is -2.17. The molecule has 0 amide bonds. The van der Waals surface area contributed by atoms with Crippen LogP contribution in [0.4, 0.5) is 22.7 Å². The van der Waals surface area contributed by atoms with Gasteiger partial charge in [-0.3, -0.25) is 20.2 Å². The van der Waals surface area contributed by atoms with E-state index in [4.69, 9.17) is 0 Å². The van der Waals surface area contributed by atoms with E-state index in [1.807, 2.05) is 0 Å². The van der Waals surface area contributed by atoms with Crippen LogP contribution in [0.1, 0.15) is 0 Å². The fourth-order valence-corrected chi connectivity index (χ4v) is 1.76. The minimum atomic E-state index is -0.826. The maximum Gasteiger partial charge on any atom is 0.368 e. The molecule has 0 aliphatic carbocycles. The fourth-order valence-electron chi connectivity index (χ4n) is 1.76. The number of benzene rings is 2. The van der Waals surface area contributed by atoms with E-state index < -0.39 is 32.6 Å². The standard InChI is InChI=1S/C12H8N4O6/c17-13(9-5-1-3-7-11(9)15(19)20)14(18)10-6-2-4-8-12(10)16(21)22/h1-8H. The summed E-state index contributed by atoms with van der Waals surface area (Å²) >= 11 is 0. The molecule has 0 unspecified atom stereocenters. The quantitative estimate of drug-likeness (QED) is 0.471. The van der Waals surface area contributed by atoms with Crippen LogP contribution < -0.4 is 5.17 Å². The minimum absolute atomic E-state index is 0.305. The molecule has 0 aliphatic heterocycles. The molecular weight excluding hydrogens is 296 g/mol. The molecule has 0 saturated heterocycles. The zero-order valence-electron chi connectivity index (χ0n) is 10.9. The van der Waals surface area contributed by atoms with Gasteiger partial charge in [0, 0.05) is 18.2 Å². The number of nitro benzene ring substituents is 2. The fraction of sp³-hybridized carbons (Fsp3) is 0. The first kappa shape index (κ1) is 15.0. The van der Waals surface area contributed by atoms with Crippen LogP contribution in [0.25, 0.3) is 0 Å². The Labute approximate surface area is 122 Å². The summed E-state index contributed by atoms with van der Waals surface area (Å²) in [6.07, 6.45) is 0. The molecule has 0 spiro atoms. The van der Waals surface area contributed by atoms with Gasteiger partial charge < -0.3 is 5.21 Å². The first-order chi connectivity index (χ1) is 10.4. The number of hydrogen-bond acceptors (Lipinski definition) is 6. The lowest BCUT2D eigenvalue weighted by Crippen LogP contribution is -2.25. The Kier molecular flexibility index (Phi) is 4.04.